The molecule has 0 aromatic heterocycles. The van der Waals surface area contributed by atoms with Crippen LogP contribution in [-0.2, 0) is 6.54 Å². The lowest BCUT2D eigenvalue weighted by molar-refractivity contribution is 0.307. The van der Waals surface area contributed by atoms with E-state index in [2.05, 4.69) is 15.5 Å². The molecule has 0 aliphatic carbocycles. The van der Waals surface area contributed by atoms with E-state index in [0.717, 1.165) is 11.3 Å². The number of nitrogens with one attached hydrogen (secondary N) is 1. The molecule has 8 heteroatoms. The van der Waals surface area contributed by atoms with Crippen molar-refractivity contribution in [3.05, 3.63) is 58.4 Å². The van der Waals surface area contributed by atoms with Gasteiger partial charge in [0.1, 0.15) is 18.2 Å². The van der Waals surface area contributed by atoms with Crippen molar-refractivity contribution in [2.75, 3.05) is 18.1 Å². The number of amidine groups is 1. The van der Waals surface area contributed by atoms with E-state index >= 15 is 0 Å². The molecule has 5 N–H and O–H groups in total. The van der Waals surface area contributed by atoms with E-state index in [-0.39, 0.29) is 11.7 Å². The van der Waals surface area contributed by atoms with E-state index in [9.17, 15) is 4.39 Å². The predicted octanol–water partition coefficient (Wildman–Crippen LogP) is 1.96. The average molecular weight is 350 g/mol. The fourth-order valence-electron chi connectivity index (χ4n) is 2.68. The van der Waals surface area contributed by atoms with Gasteiger partial charge in [0.25, 0.3) is 0 Å². The fraction of sp³-hybridized carbons (Fsp3) is 0.188. The number of benzene rings is 2. The van der Waals surface area contributed by atoms with Crippen molar-refractivity contribution < 1.29 is 9.13 Å². The van der Waals surface area contributed by atoms with Gasteiger partial charge in [-0.15, -0.1) is 5.10 Å². The topological polar surface area (TPSA) is 88.9 Å². The van der Waals surface area contributed by atoms with E-state index in [1.807, 2.05) is 0 Å². The maximum Gasteiger partial charge on any atom is 0.154 e. The molecule has 0 atom stereocenters. The molecule has 2 aromatic carbocycles. The molecule has 1 heterocycles. The van der Waals surface area contributed by atoms with Gasteiger partial charge in [0.05, 0.1) is 12.2 Å². The first kappa shape index (κ1) is 16.4. The highest BCUT2D eigenvalue weighted by Gasteiger charge is 2.24. The molecule has 126 valence electrons. The van der Waals surface area contributed by atoms with Crippen LogP contribution in [0, 0.1) is 5.82 Å². The molecule has 0 radical (unpaired) electrons. The monoisotopic (exact) mass is 349 g/mol. The zero-order valence-electron chi connectivity index (χ0n) is 12.8. The van der Waals surface area contributed by atoms with Crippen molar-refractivity contribution in [2.24, 2.45) is 16.7 Å². The van der Waals surface area contributed by atoms with Gasteiger partial charge < -0.3 is 15.4 Å². The molecule has 0 spiro atoms. The van der Waals surface area contributed by atoms with Crippen LogP contribution < -0.4 is 26.7 Å². The van der Waals surface area contributed by atoms with Gasteiger partial charge in [-0.05, 0) is 23.8 Å². The first-order chi connectivity index (χ1) is 11.6. The normalized spacial score (nSPS) is 14.1. The standard InChI is InChI=1S/C16H17ClFN5O/c17-11-7-13(16(19)21-22-20)15-14(8-11)24-6-5-23(15)9-10-1-3-12(18)4-2-10/h1-4,7-8,22H,5-6,9,20H2,(H2,19,21). The fourth-order valence-corrected chi connectivity index (χ4v) is 2.89. The minimum Gasteiger partial charge on any atom is -0.489 e. The molecular weight excluding hydrogens is 333 g/mol. The van der Waals surface area contributed by atoms with E-state index in [1.54, 1.807) is 24.3 Å². The molecule has 0 saturated heterocycles. The number of nitrogens with zero attached hydrogens (tertiary/aromatic N) is 2. The molecule has 1 aliphatic rings. The highest BCUT2D eigenvalue weighted by Crippen LogP contribution is 2.38. The van der Waals surface area contributed by atoms with Crippen LogP contribution in [0.3, 0.4) is 0 Å². The molecule has 2 aromatic rings. The lowest BCUT2D eigenvalue weighted by atomic mass is 10.1. The third-order valence-corrected chi connectivity index (χ3v) is 3.94. The van der Waals surface area contributed by atoms with Crippen LogP contribution in [0.1, 0.15) is 11.1 Å². The Hall–Kier alpha value is -2.51. The average Bonchev–Trinajstić information content (AvgIpc) is 2.56. The lowest BCUT2D eigenvalue weighted by Gasteiger charge is -2.33. The maximum atomic E-state index is 13.1. The van der Waals surface area contributed by atoms with Crippen LogP contribution in [0.4, 0.5) is 10.1 Å². The first-order valence-electron chi connectivity index (χ1n) is 7.33. The summed E-state index contributed by atoms with van der Waals surface area (Å²) in [6.45, 7) is 1.75. The Morgan fingerprint density at radius 3 is 2.79 bits per heavy atom. The summed E-state index contributed by atoms with van der Waals surface area (Å²) in [6.07, 6.45) is 0. The van der Waals surface area contributed by atoms with Gasteiger partial charge in [0.2, 0.25) is 0 Å². The molecule has 0 fully saturated rings. The van der Waals surface area contributed by atoms with E-state index in [1.165, 1.54) is 12.1 Å². The Morgan fingerprint density at radius 2 is 2.08 bits per heavy atom. The third kappa shape index (κ3) is 3.37. The van der Waals surface area contributed by atoms with Crippen LogP contribution in [0.15, 0.2) is 41.5 Å². The largest absolute Gasteiger partial charge is 0.489 e. The Balaban J connectivity index is 2.01. The zero-order chi connectivity index (χ0) is 17.1. The van der Waals surface area contributed by atoms with Gasteiger partial charge in [0, 0.05) is 23.2 Å². The zero-order valence-corrected chi connectivity index (χ0v) is 13.6. The summed E-state index contributed by atoms with van der Waals surface area (Å²) >= 11 is 6.15. The second-order valence-electron chi connectivity index (χ2n) is 5.32. The summed E-state index contributed by atoms with van der Waals surface area (Å²) in [5.74, 6) is 5.78. The second kappa shape index (κ2) is 6.94. The Labute approximate surface area is 143 Å². The van der Waals surface area contributed by atoms with E-state index < -0.39 is 0 Å². The van der Waals surface area contributed by atoms with Crippen molar-refractivity contribution in [2.45, 2.75) is 6.54 Å². The highest BCUT2D eigenvalue weighted by atomic mass is 35.5. The van der Waals surface area contributed by atoms with Gasteiger partial charge >= 0.3 is 0 Å². The Kier molecular flexibility index (Phi) is 4.73. The van der Waals surface area contributed by atoms with Gasteiger partial charge in [-0.2, -0.15) is 0 Å². The van der Waals surface area contributed by atoms with Gasteiger partial charge in [0.15, 0.2) is 5.84 Å². The molecule has 0 amide bonds. The number of anilines is 1. The number of ether oxygens (including phenoxy) is 1. The summed E-state index contributed by atoms with van der Waals surface area (Å²) < 4.78 is 18.8. The molecule has 3 rings (SSSR count). The minimum absolute atomic E-state index is 0.200. The molecular formula is C16H17ClFN5O. The van der Waals surface area contributed by atoms with Crippen molar-refractivity contribution in [3.63, 3.8) is 0 Å². The second-order valence-corrected chi connectivity index (χ2v) is 5.76. The van der Waals surface area contributed by atoms with Crippen LogP contribution in [0.5, 0.6) is 5.75 Å². The number of rotatable bonds is 4. The highest BCUT2D eigenvalue weighted by molar-refractivity contribution is 6.31. The number of nitrogens with two attached hydrogens (primary N) is 2. The Bertz CT molecular complexity index is 766. The van der Waals surface area contributed by atoms with Crippen LogP contribution in [0.2, 0.25) is 5.02 Å². The number of fused-ring (bicyclic) bond motifs is 1. The molecule has 0 unspecified atom stereocenters. The summed E-state index contributed by atoms with van der Waals surface area (Å²) in [6, 6.07) is 9.82. The third-order valence-electron chi connectivity index (χ3n) is 3.72. The Morgan fingerprint density at radius 1 is 1.33 bits per heavy atom. The number of hydrogen-bond acceptors (Lipinski definition) is 5. The van der Waals surface area contributed by atoms with Crippen molar-refractivity contribution in [3.8, 4) is 5.75 Å². The quantitative estimate of drug-likeness (QED) is 0.340. The summed E-state index contributed by atoms with van der Waals surface area (Å²) in [7, 11) is 0. The number of hydrazine groups is 1. The lowest BCUT2D eigenvalue weighted by Crippen LogP contribution is -2.35. The van der Waals surface area contributed by atoms with E-state index in [0.29, 0.717) is 36.0 Å². The molecule has 0 bridgehead atoms. The first-order valence-corrected chi connectivity index (χ1v) is 7.71. The SMILES string of the molecule is NN/N=C(\N)c1cc(Cl)cc2c1N(Cc1ccc(F)cc1)CCO2. The summed E-state index contributed by atoms with van der Waals surface area (Å²) in [5.41, 5.74) is 10.5. The van der Waals surface area contributed by atoms with E-state index in [4.69, 9.17) is 27.9 Å². The van der Waals surface area contributed by atoms with Crippen molar-refractivity contribution >= 4 is 23.1 Å². The van der Waals surface area contributed by atoms with Crippen LogP contribution in [-0.4, -0.2) is 19.0 Å². The van der Waals surface area contributed by atoms with Crippen molar-refractivity contribution in [1.82, 2.24) is 5.53 Å². The van der Waals surface area contributed by atoms with Crippen LogP contribution in [0.25, 0.3) is 0 Å². The summed E-state index contributed by atoms with van der Waals surface area (Å²) in [4.78, 5) is 2.09. The summed E-state index contributed by atoms with van der Waals surface area (Å²) in [5, 5.41) is 4.32. The molecule has 1 aliphatic heterocycles. The molecule has 6 nitrogen and oxygen atoms in total. The minimum atomic E-state index is -0.265. The smallest absolute Gasteiger partial charge is 0.154 e. The van der Waals surface area contributed by atoms with Gasteiger partial charge in [-0.25, -0.2) is 15.8 Å². The number of hydrogen-bond donors (Lipinski definition) is 3. The van der Waals surface area contributed by atoms with Gasteiger partial charge in [-0.3, -0.25) is 0 Å². The predicted molar refractivity (Wildman–Crippen MR) is 92.4 cm³/mol. The number of halogens is 2. The van der Waals surface area contributed by atoms with Gasteiger partial charge in [-0.1, -0.05) is 23.7 Å². The molecule has 0 saturated carbocycles. The van der Waals surface area contributed by atoms with Crippen LogP contribution >= 0.6 is 11.6 Å². The molecule has 24 heavy (non-hydrogen) atoms. The number of hydrazone groups is 1. The maximum absolute atomic E-state index is 13.1. The van der Waals surface area contributed by atoms with Crippen molar-refractivity contribution in [1.29, 1.82) is 0 Å².